The van der Waals surface area contributed by atoms with Crippen LogP contribution in [0.4, 0.5) is 0 Å². The van der Waals surface area contributed by atoms with Crippen LogP contribution in [0.5, 0.6) is 0 Å². The third-order valence-electron chi connectivity index (χ3n) is 14.0. The van der Waals surface area contributed by atoms with Crippen molar-refractivity contribution in [2.24, 2.45) is 50.3 Å². The number of nitrogens with zero attached hydrogens (tertiary/aromatic N) is 1. The number of aliphatic hydroxyl groups is 1. The third kappa shape index (κ3) is 7.42. The van der Waals surface area contributed by atoms with Gasteiger partial charge in [0.2, 0.25) is 5.90 Å². The molecule has 3 nitrogen and oxygen atoms in total. The summed E-state index contributed by atoms with van der Waals surface area (Å²) >= 11 is 0. The van der Waals surface area contributed by atoms with Gasteiger partial charge < -0.3 is 9.84 Å². The first kappa shape index (κ1) is 40.5. The first-order valence-corrected chi connectivity index (χ1v) is 19.3. The zero-order valence-corrected chi connectivity index (χ0v) is 32.8. The van der Waals surface area contributed by atoms with Crippen molar-refractivity contribution in [2.75, 3.05) is 13.7 Å². The minimum absolute atomic E-state index is 0.144. The molecule has 0 amide bonds. The van der Waals surface area contributed by atoms with Gasteiger partial charge in [0, 0.05) is 19.5 Å². The molecule has 5 aliphatic rings. The average Bonchev–Trinajstić information content (AvgIpc) is 3.41. The van der Waals surface area contributed by atoms with Gasteiger partial charge in [-0.05, 0) is 127 Å². The van der Waals surface area contributed by atoms with Gasteiger partial charge in [-0.1, -0.05) is 110 Å². The van der Waals surface area contributed by atoms with E-state index in [0.717, 1.165) is 42.7 Å². The molecule has 0 bridgehead atoms. The molecule has 0 heterocycles. The molecule has 7 atom stereocenters. The lowest BCUT2D eigenvalue weighted by atomic mass is 9.34. The number of ether oxygens (including phenoxy) is 1. The first-order valence-electron chi connectivity index (χ1n) is 19.3. The zero-order chi connectivity index (χ0) is 36.6. The quantitative estimate of drug-likeness (QED) is 0.112. The van der Waals surface area contributed by atoms with Crippen molar-refractivity contribution >= 4 is 5.90 Å². The molecule has 7 unspecified atom stereocenters. The van der Waals surface area contributed by atoms with Crippen LogP contribution in [0.15, 0.2) is 76.7 Å². The van der Waals surface area contributed by atoms with Crippen molar-refractivity contribution < 1.29 is 9.84 Å². The molecule has 49 heavy (non-hydrogen) atoms. The van der Waals surface area contributed by atoms with Crippen LogP contribution in [0.1, 0.15) is 138 Å². The Labute approximate surface area is 301 Å². The van der Waals surface area contributed by atoms with Gasteiger partial charge in [0.15, 0.2) is 0 Å². The van der Waals surface area contributed by atoms with Crippen molar-refractivity contribution in [3.05, 3.63) is 77.3 Å². The Morgan fingerprint density at radius 3 is 2.22 bits per heavy atom. The number of rotatable bonds is 5. The summed E-state index contributed by atoms with van der Waals surface area (Å²) in [5, 5.41) is 8.10. The summed E-state index contributed by atoms with van der Waals surface area (Å²) in [7, 11) is 1.85. The molecule has 3 heteroatoms. The highest BCUT2D eigenvalue weighted by Crippen LogP contribution is 2.76. The van der Waals surface area contributed by atoms with Crippen molar-refractivity contribution in [1.29, 1.82) is 0 Å². The molecule has 0 saturated heterocycles. The number of allylic oxidation sites excluding steroid dienone is 4. The third-order valence-corrected chi connectivity index (χ3v) is 14.0. The average molecular weight is 668 g/mol. The van der Waals surface area contributed by atoms with Crippen LogP contribution in [0.3, 0.4) is 0 Å². The van der Waals surface area contributed by atoms with Crippen LogP contribution in [0, 0.1) is 58.2 Å². The summed E-state index contributed by atoms with van der Waals surface area (Å²) in [6, 6.07) is 10.4. The van der Waals surface area contributed by atoms with E-state index in [2.05, 4.69) is 95.1 Å². The fraction of sp³-hybridized carbons (Fsp3) is 0.652. The number of benzene rings is 1. The van der Waals surface area contributed by atoms with E-state index < -0.39 is 0 Å². The summed E-state index contributed by atoms with van der Waals surface area (Å²) in [6.07, 6.45) is 24.5. The van der Waals surface area contributed by atoms with Crippen molar-refractivity contribution in [3.63, 3.8) is 0 Å². The highest BCUT2D eigenvalue weighted by molar-refractivity contribution is 5.93. The maximum absolute atomic E-state index is 8.10. The molecule has 270 valence electrons. The molecule has 0 radical (unpaired) electrons. The molecular formula is C46H69NO2. The fourth-order valence-electron chi connectivity index (χ4n) is 11.7. The standard InChI is InChI=1S/C38H55NO.C4H6O.C2H6.C2H2/c1-26(2)32-27(3)25-38(23-24-40-34(39-7)28-13-9-8-10-14-28)22-21-36(5)30(33(32)38)16-17-31-35(4)19-12-11-15-29(35)18-20-37(31,36)6;1-3-4(2)5;2*1-2/h8-10,13-14,26,29-31H,3,11-12,15-25H2,1-2,4-7H3;5H,1H2,2H3;1-2H3;1-2H. The summed E-state index contributed by atoms with van der Waals surface area (Å²) in [5.41, 5.74) is 9.82. The van der Waals surface area contributed by atoms with Gasteiger partial charge in [-0.15, -0.1) is 12.8 Å². The summed E-state index contributed by atoms with van der Waals surface area (Å²) in [4.78, 5) is 4.52. The number of aliphatic hydroxyl groups excluding tert-OH is 1. The Bertz CT molecular complexity index is 1400. The van der Waals surface area contributed by atoms with Crippen LogP contribution in [0.25, 0.3) is 0 Å². The van der Waals surface area contributed by atoms with Crippen LogP contribution in [0.2, 0.25) is 0 Å². The van der Waals surface area contributed by atoms with Crippen molar-refractivity contribution in [1.82, 2.24) is 0 Å². The Morgan fingerprint density at radius 2 is 1.63 bits per heavy atom. The minimum atomic E-state index is 0.144. The smallest absolute Gasteiger partial charge is 0.215 e. The second kappa shape index (κ2) is 16.8. The van der Waals surface area contributed by atoms with Crippen LogP contribution in [-0.2, 0) is 4.74 Å². The Balaban J connectivity index is 0.000000655. The fourth-order valence-corrected chi connectivity index (χ4v) is 11.7. The zero-order valence-electron chi connectivity index (χ0n) is 32.8. The predicted octanol–water partition coefficient (Wildman–Crippen LogP) is 12.7. The molecule has 4 fully saturated rings. The lowest BCUT2D eigenvalue weighted by Gasteiger charge is -2.70. The predicted molar refractivity (Wildman–Crippen MR) is 211 cm³/mol. The molecule has 6 rings (SSSR count). The molecular weight excluding hydrogens is 599 g/mol. The SMILES string of the molecule is C#C.C=C1CC2(CCOC(=NC)c3ccccc3)CCC3(C)C(CCC4C5(C)CCCCC5CCC43C)C2=C1C(C)C.C=C=C(C)O.CC. The van der Waals surface area contributed by atoms with Gasteiger partial charge in [-0.25, -0.2) is 0 Å². The van der Waals surface area contributed by atoms with Gasteiger partial charge in [-0.2, -0.15) is 0 Å². The monoisotopic (exact) mass is 668 g/mol. The molecule has 4 saturated carbocycles. The lowest BCUT2D eigenvalue weighted by molar-refractivity contribution is -0.193. The highest BCUT2D eigenvalue weighted by atomic mass is 16.5. The normalized spacial score (nSPS) is 34.5. The van der Waals surface area contributed by atoms with E-state index in [-0.39, 0.29) is 11.2 Å². The van der Waals surface area contributed by atoms with Gasteiger partial charge >= 0.3 is 0 Å². The Hall–Kier alpha value is -2.95. The first-order chi connectivity index (χ1) is 23.4. The Morgan fingerprint density at radius 1 is 0.980 bits per heavy atom. The molecule has 5 aliphatic carbocycles. The second-order valence-electron chi connectivity index (χ2n) is 16.3. The topological polar surface area (TPSA) is 41.8 Å². The maximum atomic E-state index is 8.10. The van der Waals surface area contributed by atoms with E-state index in [1.807, 2.05) is 26.5 Å². The van der Waals surface area contributed by atoms with E-state index in [4.69, 9.17) is 16.4 Å². The van der Waals surface area contributed by atoms with Gasteiger partial charge in [0.05, 0.1) is 6.61 Å². The number of terminal acetylenes is 1. The Kier molecular flexibility index (Phi) is 13.9. The molecule has 0 aromatic heterocycles. The van der Waals surface area contributed by atoms with Crippen molar-refractivity contribution in [2.45, 2.75) is 132 Å². The molecule has 1 aromatic carbocycles. The van der Waals surface area contributed by atoms with Gasteiger partial charge in [0.25, 0.3) is 0 Å². The van der Waals surface area contributed by atoms with E-state index in [1.165, 1.54) is 76.7 Å². The van der Waals surface area contributed by atoms with Crippen LogP contribution < -0.4 is 0 Å². The van der Waals surface area contributed by atoms with E-state index in [9.17, 15) is 0 Å². The number of hydrogen-bond donors (Lipinski definition) is 1. The molecule has 0 spiro atoms. The largest absolute Gasteiger partial charge is 0.505 e. The molecule has 1 N–H and O–H groups in total. The second-order valence-corrected chi connectivity index (χ2v) is 16.3. The van der Waals surface area contributed by atoms with Crippen molar-refractivity contribution in [3.8, 4) is 12.8 Å². The lowest BCUT2D eigenvalue weighted by Crippen LogP contribution is -2.62. The molecule has 0 aliphatic heterocycles. The maximum Gasteiger partial charge on any atom is 0.215 e. The highest BCUT2D eigenvalue weighted by Gasteiger charge is 2.67. The number of aliphatic imine (C=N–C) groups is 1. The number of fused-ring (bicyclic) bond motifs is 7. The van der Waals surface area contributed by atoms with E-state index in [0.29, 0.717) is 28.1 Å². The van der Waals surface area contributed by atoms with E-state index >= 15 is 0 Å². The molecule has 1 aromatic rings. The van der Waals surface area contributed by atoms with E-state index in [1.54, 1.807) is 5.57 Å². The number of hydrogen-bond acceptors (Lipinski definition) is 3. The minimum Gasteiger partial charge on any atom is -0.505 e. The van der Waals surface area contributed by atoms with Crippen LogP contribution in [-0.4, -0.2) is 24.7 Å². The summed E-state index contributed by atoms with van der Waals surface area (Å²) in [6.45, 7) is 27.2. The van der Waals surface area contributed by atoms with Crippen LogP contribution >= 0.6 is 0 Å². The summed E-state index contributed by atoms with van der Waals surface area (Å²) < 4.78 is 6.45. The summed E-state index contributed by atoms with van der Waals surface area (Å²) in [5.74, 6) is 4.01. The van der Waals surface area contributed by atoms with Gasteiger partial charge in [-0.3, -0.25) is 4.99 Å². The van der Waals surface area contributed by atoms with Gasteiger partial charge in [0.1, 0.15) is 5.76 Å².